The van der Waals surface area contributed by atoms with Crippen molar-refractivity contribution in [3.63, 3.8) is 0 Å². The lowest BCUT2D eigenvalue weighted by Gasteiger charge is -2.20. The molecule has 0 spiro atoms. The third-order valence-electron chi connectivity index (χ3n) is 5.43. The van der Waals surface area contributed by atoms with Crippen LogP contribution in [-0.4, -0.2) is 38.3 Å². The van der Waals surface area contributed by atoms with E-state index in [1.54, 1.807) is 36.4 Å². The number of hydrogen-bond donors (Lipinski definition) is 1. The van der Waals surface area contributed by atoms with Crippen molar-refractivity contribution in [1.82, 2.24) is 10.2 Å². The summed E-state index contributed by atoms with van der Waals surface area (Å²) in [7, 11) is -3.81. The zero-order chi connectivity index (χ0) is 22.4. The predicted octanol–water partition coefficient (Wildman–Crippen LogP) is 4.72. The van der Waals surface area contributed by atoms with Gasteiger partial charge in [-0.3, -0.25) is 4.72 Å². The van der Waals surface area contributed by atoms with Crippen LogP contribution in [0.4, 0.5) is 11.5 Å². The van der Waals surface area contributed by atoms with Gasteiger partial charge in [-0.2, -0.15) is 0 Å². The Morgan fingerprint density at radius 1 is 0.938 bits per heavy atom. The van der Waals surface area contributed by atoms with Gasteiger partial charge in [-0.15, -0.1) is 10.2 Å². The number of aromatic nitrogens is 2. The summed E-state index contributed by atoms with van der Waals surface area (Å²) in [4.78, 5) is 2.39. The van der Waals surface area contributed by atoms with E-state index >= 15 is 0 Å². The van der Waals surface area contributed by atoms with E-state index in [2.05, 4.69) is 19.8 Å². The topological polar surface area (TPSA) is 84.4 Å². The first-order chi connectivity index (χ1) is 15.6. The molecule has 7 nitrogen and oxygen atoms in total. The maximum Gasteiger partial charge on any atom is 0.265 e. The third kappa shape index (κ3) is 5.19. The molecule has 0 unspecified atom stereocenters. The Balaban J connectivity index is 1.54. The number of ether oxygens (including phenoxy) is 1. The lowest BCUT2D eigenvalue weighted by atomic mass is 10.1. The van der Waals surface area contributed by atoms with E-state index in [9.17, 15) is 8.42 Å². The normalized spacial score (nSPS) is 14.6. The second-order valence-electron chi connectivity index (χ2n) is 7.74. The molecule has 3 aromatic rings. The van der Waals surface area contributed by atoms with Crippen LogP contribution in [0.15, 0.2) is 65.6 Å². The van der Waals surface area contributed by atoms with Gasteiger partial charge in [0.15, 0.2) is 5.82 Å². The third-order valence-corrected chi connectivity index (χ3v) is 6.85. The van der Waals surface area contributed by atoms with Gasteiger partial charge in [0.2, 0.25) is 0 Å². The maximum absolute atomic E-state index is 13.0. The first kappa shape index (κ1) is 22.1. The van der Waals surface area contributed by atoms with Gasteiger partial charge >= 0.3 is 0 Å². The Morgan fingerprint density at radius 3 is 2.44 bits per heavy atom. The zero-order valence-electron chi connectivity index (χ0n) is 18.2. The monoisotopic (exact) mass is 452 g/mol. The number of nitrogens with zero attached hydrogens (tertiary/aromatic N) is 3. The van der Waals surface area contributed by atoms with Crippen LogP contribution in [0.1, 0.15) is 32.6 Å². The maximum atomic E-state index is 13.0. The van der Waals surface area contributed by atoms with Crippen LogP contribution < -0.4 is 14.4 Å². The molecule has 1 N–H and O–H groups in total. The molecule has 168 valence electrons. The largest absolute Gasteiger partial charge is 0.492 e. The quantitative estimate of drug-likeness (QED) is 0.558. The van der Waals surface area contributed by atoms with Gasteiger partial charge in [-0.25, -0.2) is 8.42 Å². The van der Waals surface area contributed by atoms with E-state index in [0.717, 1.165) is 24.5 Å². The van der Waals surface area contributed by atoms with Gasteiger partial charge in [0.1, 0.15) is 10.6 Å². The minimum absolute atomic E-state index is 0.105. The van der Waals surface area contributed by atoms with E-state index < -0.39 is 10.0 Å². The second kappa shape index (κ2) is 9.99. The Bertz CT molecular complexity index is 1140. The van der Waals surface area contributed by atoms with Gasteiger partial charge in [-0.1, -0.05) is 37.1 Å². The van der Waals surface area contributed by atoms with Gasteiger partial charge in [0, 0.05) is 24.3 Å². The number of hydrogen-bond acceptors (Lipinski definition) is 6. The number of rotatable bonds is 7. The van der Waals surface area contributed by atoms with Crippen molar-refractivity contribution in [1.29, 1.82) is 0 Å². The molecular formula is C24H28N4O3S. The molecule has 1 fully saturated rings. The van der Waals surface area contributed by atoms with Gasteiger partial charge < -0.3 is 9.64 Å². The number of nitrogens with one attached hydrogen (secondary N) is 1. The SMILES string of the molecule is CCOc1ccccc1S(=O)(=O)Nc1cccc(-c2ccc(N3CCCCCC3)nn2)c1. The number of anilines is 2. The summed E-state index contributed by atoms with van der Waals surface area (Å²) >= 11 is 0. The van der Waals surface area contributed by atoms with Crippen molar-refractivity contribution in [2.75, 3.05) is 29.3 Å². The van der Waals surface area contributed by atoms with E-state index in [1.165, 1.54) is 31.7 Å². The summed E-state index contributed by atoms with van der Waals surface area (Å²) in [5.74, 6) is 1.22. The van der Waals surface area contributed by atoms with E-state index in [1.807, 2.05) is 25.1 Å². The smallest absolute Gasteiger partial charge is 0.265 e. The summed E-state index contributed by atoms with van der Waals surface area (Å²) in [6.07, 6.45) is 4.88. The molecule has 1 aliphatic heterocycles. The Hall–Kier alpha value is -3.13. The standard InChI is InChI=1S/C24H28N4O3S/c1-2-31-22-12-5-6-13-23(22)32(29,30)27-20-11-9-10-19(18-20)21-14-15-24(26-25-21)28-16-7-3-4-8-17-28/h5-6,9-15,18,27H,2-4,7-8,16-17H2,1H3. The van der Waals surface area contributed by atoms with Crippen LogP contribution in [0.3, 0.4) is 0 Å². The van der Waals surface area contributed by atoms with Gasteiger partial charge in [-0.05, 0) is 56.2 Å². The van der Waals surface area contributed by atoms with E-state index in [-0.39, 0.29) is 4.90 Å². The molecule has 2 heterocycles. The number of sulfonamides is 1. The number of benzene rings is 2. The molecule has 32 heavy (non-hydrogen) atoms. The fraction of sp³-hybridized carbons (Fsp3) is 0.333. The highest BCUT2D eigenvalue weighted by molar-refractivity contribution is 7.92. The van der Waals surface area contributed by atoms with Crippen molar-refractivity contribution >= 4 is 21.5 Å². The van der Waals surface area contributed by atoms with Crippen LogP contribution in [-0.2, 0) is 10.0 Å². The highest BCUT2D eigenvalue weighted by Crippen LogP contribution is 2.28. The van der Waals surface area contributed by atoms with Crippen LogP contribution in [0.5, 0.6) is 5.75 Å². The van der Waals surface area contributed by atoms with Crippen molar-refractivity contribution in [3.05, 3.63) is 60.7 Å². The van der Waals surface area contributed by atoms with Crippen molar-refractivity contribution in [3.8, 4) is 17.0 Å². The summed E-state index contributed by atoms with van der Waals surface area (Å²) in [6, 6.07) is 17.7. The molecule has 0 amide bonds. The summed E-state index contributed by atoms with van der Waals surface area (Å²) in [5.41, 5.74) is 1.93. The van der Waals surface area contributed by atoms with Crippen molar-refractivity contribution < 1.29 is 13.2 Å². The molecule has 8 heteroatoms. The van der Waals surface area contributed by atoms with Crippen LogP contribution in [0.2, 0.25) is 0 Å². The van der Waals surface area contributed by atoms with Crippen LogP contribution >= 0.6 is 0 Å². The Kier molecular flexibility index (Phi) is 6.90. The minimum atomic E-state index is -3.81. The van der Waals surface area contributed by atoms with Crippen molar-refractivity contribution in [2.45, 2.75) is 37.5 Å². The highest BCUT2D eigenvalue weighted by atomic mass is 32.2. The van der Waals surface area contributed by atoms with Gasteiger partial charge in [0.25, 0.3) is 10.0 Å². The van der Waals surface area contributed by atoms with E-state index in [0.29, 0.717) is 23.7 Å². The van der Waals surface area contributed by atoms with E-state index in [4.69, 9.17) is 4.74 Å². The van der Waals surface area contributed by atoms with Crippen LogP contribution in [0, 0.1) is 0 Å². The highest BCUT2D eigenvalue weighted by Gasteiger charge is 2.20. The average Bonchev–Trinajstić information content (AvgIpc) is 3.09. The molecule has 4 rings (SSSR count). The molecular weight excluding hydrogens is 424 g/mol. The Morgan fingerprint density at radius 2 is 1.72 bits per heavy atom. The minimum Gasteiger partial charge on any atom is -0.492 e. The molecule has 0 radical (unpaired) electrons. The molecule has 0 aliphatic carbocycles. The summed E-state index contributed by atoms with van der Waals surface area (Å²) in [6.45, 7) is 4.22. The fourth-order valence-electron chi connectivity index (χ4n) is 3.85. The lowest BCUT2D eigenvalue weighted by molar-refractivity contribution is 0.331. The molecule has 1 saturated heterocycles. The molecule has 1 aromatic heterocycles. The molecule has 2 aromatic carbocycles. The lowest BCUT2D eigenvalue weighted by Crippen LogP contribution is -2.25. The fourth-order valence-corrected chi connectivity index (χ4v) is 5.04. The summed E-state index contributed by atoms with van der Waals surface area (Å²) in [5, 5.41) is 8.83. The first-order valence-electron chi connectivity index (χ1n) is 11.0. The molecule has 0 saturated carbocycles. The van der Waals surface area contributed by atoms with Crippen molar-refractivity contribution in [2.24, 2.45) is 0 Å². The number of para-hydroxylation sites is 1. The molecule has 0 atom stereocenters. The Labute approximate surface area is 189 Å². The first-order valence-corrected chi connectivity index (χ1v) is 12.5. The molecule has 0 bridgehead atoms. The second-order valence-corrected chi connectivity index (χ2v) is 9.39. The zero-order valence-corrected chi connectivity index (χ0v) is 19.0. The molecule has 1 aliphatic rings. The van der Waals surface area contributed by atoms with Gasteiger partial charge in [0.05, 0.1) is 12.3 Å². The average molecular weight is 453 g/mol. The van der Waals surface area contributed by atoms with Crippen LogP contribution in [0.25, 0.3) is 11.3 Å². The predicted molar refractivity (Wildman–Crippen MR) is 127 cm³/mol. The summed E-state index contributed by atoms with van der Waals surface area (Å²) < 4.78 is 34.1.